The fourth-order valence-electron chi connectivity index (χ4n) is 2.11. The van der Waals surface area contributed by atoms with Crippen LogP contribution in [-0.2, 0) is 10.3 Å². The minimum absolute atomic E-state index is 0.000301. The zero-order chi connectivity index (χ0) is 11.6. The summed E-state index contributed by atoms with van der Waals surface area (Å²) in [5.74, 6) is 0. The Morgan fingerprint density at radius 2 is 2.38 bits per heavy atom. The number of rotatable bonds is 6. The molecule has 0 aliphatic heterocycles. The number of nitrogens with one attached hydrogen (secondary N) is 1. The van der Waals surface area contributed by atoms with E-state index in [0.717, 1.165) is 13.2 Å². The summed E-state index contributed by atoms with van der Waals surface area (Å²) in [5, 5.41) is 6.88. The number of nitrogens with zero attached hydrogens (tertiary/aromatic N) is 1. The lowest BCUT2D eigenvalue weighted by Crippen LogP contribution is -2.47. The minimum Gasteiger partial charge on any atom is -0.383 e. The van der Waals surface area contributed by atoms with E-state index in [9.17, 15) is 0 Å². The van der Waals surface area contributed by atoms with Crippen molar-refractivity contribution in [2.45, 2.75) is 32.2 Å². The molecule has 1 aromatic heterocycles. The third kappa shape index (κ3) is 2.01. The Bertz CT molecular complexity index is 335. The van der Waals surface area contributed by atoms with Crippen LogP contribution in [0.1, 0.15) is 31.7 Å². The molecular formula is C12H20N2OS. The molecule has 1 aromatic rings. The summed E-state index contributed by atoms with van der Waals surface area (Å²) >= 11 is 1.74. The first-order valence-electron chi connectivity index (χ1n) is 5.76. The zero-order valence-electron chi connectivity index (χ0n) is 10.2. The first kappa shape index (κ1) is 12.0. The lowest BCUT2D eigenvalue weighted by molar-refractivity contribution is 0.162. The van der Waals surface area contributed by atoms with E-state index in [1.807, 2.05) is 6.20 Å². The highest BCUT2D eigenvalue weighted by atomic mass is 32.1. The molecule has 1 unspecified atom stereocenters. The molecule has 0 radical (unpaired) electrons. The van der Waals surface area contributed by atoms with Crippen molar-refractivity contribution in [1.82, 2.24) is 10.3 Å². The molecule has 1 fully saturated rings. The average molecular weight is 240 g/mol. The Morgan fingerprint density at radius 1 is 1.62 bits per heavy atom. The van der Waals surface area contributed by atoms with Crippen LogP contribution in [0, 0.1) is 5.41 Å². The van der Waals surface area contributed by atoms with Crippen LogP contribution < -0.4 is 5.32 Å². The standard InChI is InChI=1S/C12H20N2OS/c1-11(4-5-11)12(2,14-6-8-15-3)10-13-7-9-16-10/h7,9,14H,4-6,8H2,1-3H3. The van der Waals surface area contributed by atoms with Crippen LogP contribution in [0.4, 0.5) is 0 Å². The summed E-state index contributed by atoms with van der Waals surface area (Å²) in [7, 11) is 1.74. The molecule has 0 bridgehead atoms. The van der Waals surface area contributed by atoms with Gasteiger partial charge in [-0.3, -0.25) is 0 Å². The van der Waals surface area contributed by atoms with Gasteiger partial charge < -0.3 is 10.1 Å². The van der Waals surface area contributed by atoms with Crippen molar-refractivity contribution in [1.29, 1.82) is 0 Å². The molecule has 0 saturated heterocycles. The Morgan fingerprint density at radius 3 is 2.88 bits per heavy atom. The Labute approximate surface area is 101 Å². The molecule has 1 aliphatic rings. The van der Waals surface area contributed by atoms with E-state index in [4.69, 9.17) is 4.74 Å². The topological polar surface area (TPSA) is 34.1 Å². The number of hydrogen-bond donors (Lipinski definition) is 1. The van der Waals surface area contributed by atoms with Crippen molar-refractivity contribution in [2.75, 3.05) is 20.3 Å². The zero-order valence-corrected chi connectivity index (χ0v) is 11.1. The van der Waals surface area contributed by atoms with Gasteiger partial charge in [-0.25, -0.2) is 4.98 Å². The molecule has 0 aromatic carbocycles. The second-order valence-corrected chi connectivity index (χ2v) is 5.84. The highest BCUT2D eigenvalue weighted by molar-refractivity contribution is 7.09. The molecule has 1 heterocycles. The Hall–Kier alpha value is -0.450. The van der Waals surface area contributed by atoms with Gasteiger partial charge in [0.15, 0.2) is 0 Å². The highest BCUT2D eigenvalue weighted by Crippen LogP contribution is 2.57. The molecule has 2 rings (SSSR count). The van der Waals surface area contributed by atoms with E-state index in [1.54, 1.807) is 18.4 Å². The van der Waals surface area contributed by atoms with E-state index in [-0.39, 0.29) is 5.54 Å². The normalized spacial score (nSPS) is 21.7. The van der Waals surface area contributed by atoms with Crippen LogP contribution in [0.2, 0.25) is 0 Å². The molecule has 1 saturated carbocycles. The summed E-state index contributed by atoms with van der Waals surface area (Å²) in [4.78, 5) is 4.49. The van der Waals surface area contributed by atoms with Crippen molar-refractivity contribution in [3.05, 3.63) is 16.6 Å². The monoisotopic (exact) mass is 240 g/mol. The summed E-state index contributed by atoms with van der Waals surface area (Å²) in [6.07, 6.45) is 4.45. The van der Waals surface area contributed by atoms with E-state index < -0.39 is 0 Å². The van der Waals surface area contributed by atoms with Crippen LogP contribution in [0.3, 0.4) is 0 Å². The van der Waals surface area contributed by atoms with E-state index >= 15 is 0 Å². The van der Waals surface area contributed by atoms with Crippen LogP contribution in [0.5, 0.6) is 0 Å². The van der Waals surface area contributed by atoms with Crippen LogP contribution in [-0.4, -0.2) is 25.2 Å². The third-order valence-corrected chi connectivity index (χ3v) is 4.85. The average Bonchev–Trinajstić information content (AvgIpc) is 2.84. The summed E-state index contributed by atoms with van der Waals surface area (Å²) < 4.78 is 5.11. The maximum Gasteiger partial charge on any atom is 0.113 e. The highest BCUT2D eigenvalue weighted by Gasteiger charge is 2.54. The molecule has 0 spiro atoms. The van der Waals surface area contributed by atoms with Crippen molar-refractivity contribution < 1.29 is 4.74 Å². The lowest BCUT2D eigenvalue weighted by atomic mass is 9.84. The fraction of sp³-hybridized carbons (Fsp3) is 0.750. The SMILES string of the molecule is COCCNC(C)(c1nccs1)C1(C)CC1. The van der Waals surface area contributed by atoms with Gasteiger partial charge in [-0.15, -0.1) is 11.3 Å². The number of aromatic nitrogens is 1. The smallest absolute Gasteiger partial charge is 0.113 e. The number of hydrogen-bond acceptors (Lipinski definition) is 4. The van der Waals surface area contributed by atoms with Crippen molar-refractivity contribution in [3.8, 4) is 0 Å². The van der Waals surface area contributed by atoms with Crippen molar-refractivity contribution in [3.63, 3.8) is 0 Å². The predicted octanol–water partition coefficient (Wildman–Crippen LogP) is 2.39. The molecule has 0 amide bonds. The van der Waals surface area contributed by atoms with Gasteiger partial charge >= 0.3 is 0 Å². The summed E-state index contributed by atoms with van der Waals surface area (Å²) in [6.45, 7) is 6.24. The first-order chi connectivity index (χ1) is 7.62. The van der Waals surface area contributed by atoms with Crippen LogP contribution in [0.25, 0.3) is 0 Å². The van der Waals surface area contributed by atoms with E-state index in [0.29, 0.717) is 5.41 Å². The molecule has 90 valence electrons. The molecule has 16 heavy (non-hydrogen) atoms. The molecule has 1 N–H and O–H groups in total. The molecular weight excluding hydrogens is 220 g/mol. The molecule has 3 nitrogen and oxygen atoms in total. The maximum absolute atomic E-state index is 5.11. The largest absolute Gasteiger partial charge is 0.383 e. The Kier molecular flexibility index (Phi) is 3.33. The first-order valence-corrected chi connectivity index (χ1v) is 6.64. The van der Waals surface area contributed by atoms with Gasteiger partial charge in [-0.05, 0) is 25.2 Å². The Balaban J connectivity index is 2.13. The third-order valence-electron chi connectivity index (χ3n) is 3.85. The lowest BCUT2D eigenvalue weighted by Gasteiger charge is -2.35. The second kappa shape index (κ2) is 4.43. The van der Waals surface area contributed by atoms with E-state index in [1.165, 1.54) is 17.8 Å². The fourth-order valence-corrected chi connectivity index (χ4v) is 3.03. The van der Waals surface area contributed by atoms with Crippen molar-refractivity contribution in [2.24, 2.45) is 5.41 Å². The second-order valence-electron chi connectivity index (χ2n) is 4.94. The summed E-state index contributed by atoms with van der Waals surface area (Å²) in [6, 6.07) is 0. The van der Waals surface area contributed by atoms with Crippen LogP contribution in [0.15, 0.2) is 11.6 Å². The van der Waals surface area contributed by atoms with Gasteiger partial charge in [0, 0.05) is 25.2 Å². The number of thiazole rings is 1. The van der Waals surface area contributed by atoms with Crippen LogP contribution >= 0.6 is 11.3 Å². The minimum atomic E-state index is -0.000301. The predicted molar refractivity (Wildman–Crippen MR) is 66.7 cm³/mol. The van der Waals surface area contributed by atoms with Gasteiger partial charge in [0.05, 0.1) is 12.1 Å². The number of ether oxygens (including phenoxy) is 1. The van der Waals surface area contributed by atoms with Gasteiger partial charge in [0.2, 0.25) is 0 Å². The number of methoxy groups -OCH3 is 1. The van der Waals surface area contributed by atoms with Gasteiger partial charge in [0.1, 0.15) is 5.01 Å². The molecule has 1 atom stereocenters. The quantitative estimate of drug-likeness (QED) is 0.775. The summed E-state index contributed by atoms with van der Waals surface area (Å²) in [5.41, 5.74) is 0.359. The van der Waals surface area contributed by atoms with Gasteiger partial charge in [-0.2, -0.15) is 0 Å². The van der Waals surface area contributed by atoms with Gasteiger partial charge in [-0.1, -0.05) is 6.92 Å². The van der Waals surface area contributed by atoms with Crippen molar-refractivity contribution >= 4 is 11.3 Å². The molecule has 1 aliphatic carbocycles. The molecule has 4 heteroatoms. The maximum atomic E-state index is 5.11. The van der Waals surface area contributed by atoms with Gasteiger partial charge in [0.25, 0.3) is 0 Å². The van der Waals surface area contributed by atoms with E-state index in [2.05, 4.69) is 29.5 Å².